The van der Waals surface area contributed by atoms with Gasteiger partial charge in [0, 0.05) is 5.69 Å². The number of amides is 1. The fourth-order valence-electron chi connectivity index (χ4n) is 3.22. The number of carbonyl (C=O) groups is 1. The molecule has 0 aliphatic heterocycles. The zero-order valence-corrected chi connectivity index (χ0v) is 22.3. The number of nitrogens with zero attached hydrogens (tertiary/aromatic N) is 1. The molecule has 7 nitrogen and oxygen atoms in total. The van der Waals surface area contributed by atoms with Crippen molar-refractivity contribution in [3.8, 4) is 17.6 Å². The SMILES string of the molecule is CCOc1cc(/C=C(\C#N)C(=O)Nc2ccc(C)cc2C)cc(I)c1OS(=O)(=O)c1ccccc1. The van der Waals surface area contributed by atoms with Crippen LogP contribution >= 0.6 is 22.6 Å². The van der Waals surface area contributed by atoms with Crippen LogP contribution in [-0.2, 0) is 14.9 Å². The van der Waals surface area contributed by atoms with Crippen LogP contribution in [0.15, 0.2) is 71.1 Å². The fourth-order valence-corrected chi connectivity index (χ4v) is 5.08. The summed E-state index contributed by atoms with van der Waals surface area (Å²) < 4.78 is 37.0. The molecule has 0 aliphatic carbocycles. The summed E-state index contributed by atoms with van der Waals surface area (Å²) in [6.07, 6.45) is 1.42. The summed E-state index contributed by atoms with van der Waals surface area (Å²) >= 11 is 1.93. The molecule has 9 heteroatoms. The minimum atomic E-state index is -4.09. The van der Waals surface area contributed by atoms with Gasteiger partial charge < -0.3 is 14.2 Å². The number of halogens is 1. The minimum absolute atomic E-state index is 0.0112. The van der Waals surface area contributed by atoms with Crippen molar-refractivity contribution < 1.29 is 22.1 Å². The number of nitrogens with one attached hydrogen (secondary N) is 1. The van der Waals surface area contributed by atoms with Crippen LogP contribution in [0.2, 0.25) is 0 Å². The van der Waals surface area contributed by atoms with Crippen LogP contribution in [0.1, 0.15) is 23.6 Å². The molecule has 0 saturated carbocycles. The average Bonchev–Trinajstić information content (AvgIpc) is 2.82. The molecular weight excluding hydrogens is 579 g/mol. The van der Waals surface area contributed by atoms with Crippen LogP contribution in [0.25, 0.3) is 6.08 Å². The second kappa shape index (κ2) is 11.4. The van der Waals surface area contributed by atoms with Crippen molar-refractivity contribution in [2.45, 2.75) is 25.7 Å². The third-order valence-electron chi connectivity index (χ3n) is 4.86. The smallest absolute Gasteiger partial charge is 0.339 e. The van der Waals surface area contributed by atoms with Crippen molar-refractivity contribution in [1.82, 2.24) is 0 Å². The van der Waals surface area contributed by atoms with E-state index in [1.165, 1.54) is 24.3 Å². The second-order valence-electron chi connectivity index (χ2n) is 7.56. The molecule has 0 saturated heterocycles. The predicted octanol–water partition coefficient (Wildman–Crippen LogP) is 5.62. The lowest BCUT2D eigenvalue weighted by Crippen LogP contribution is -2.14. The van der Waals surface area contributed by atoms with E-state index < -0.39 is 16.0 Å². The Morgan fingerprint density at radius 2 is 1.83 bits per heavy atom. The van der Waals surface area contributed by atoms with Crippen LogP contribution in [0.5, 0.6) is 11.5 Å². The van der Waals surface area contributed by atoms with Crippen LogP contribution in [0, 0.1) is 28.7 Å². The van der Waals surface area contributed by atoms with Crippen molar-refractivity contribution in [1.29, 1.82) is 5.26 Å². The van der Waals surface area contributed by atoms with E-state index >= 15 is 0 Å². The van der Waals surface area contributed by atoms with E-state index in [1.807, 2.05) is 54.6 Å². The molecule has 3 rings (SSSR count). The minimum Gasteiger partial charge on any atom is -0.490 e. The zero-order chi connectivity index (χ0) is 25.6. The fraction of sp³-hybridized carbons (Fsp3) is 0.154. The Morgan fingerprint density at radius 3 is 2.46 bits per heavy atom. The highest BCUT2D eigenvalue weighted by molar-refractivity contribution is 14.1. The quantitative estimate of drug-likeness (QED) is 0.155. The zero-order valence-electron chi connectivity index (χ0n) is 19.3. The van der Waals surface area contributed by atoms with Gasteiger partial charge in [-0.05, 0) is 90.9 Å². The lowest BCUT2D eigenvalue weighted by atomic mass is 10.1. The molecule has 0 bridgehead atoms. The Kier molecular flexibility index (Phi) is 8.53. The van der Waals surface area contributed by atoms with Crippen molar-refractivity contribution in [2.75, 3.05) is 11.9 Å². The maximum absolute atomic E-state index is 12.8. The molecule has 0 aliphatic rings. The molecule has 180 valence electrons. The molecule has 0 fully saturated rings. The number of carbonyl (C=O) groups excluding carboxylic acids is 1. The maximum Gasteiger partial charge on any atom is 0.339 e. The summed E-state index contributed by atoms with van der Waals surface area (Å²) in [6.45, 7) is 5.83. The summed E-state index contributed by atoms with van der Waals surface area (Å²) in [5, 5.41) is 12.4. The highest BCUT2D eigenvalue weighted by atomic mass is 127. The van der Waals surface area contributed by atoms with Gasteiger partial charge in [0.15, 0.2) is 11.5 Å². The van der Waals surface area contributed by atoms with Gasteiger partial charge in [-0.3, -0.25) is 4.79 Å². The van der Waals surface area contributed by atoms with E-state index in [4.69, 9.17) is 8.92 Å². The van der Waals surface area contributed by atoms with Crippen molar-refractivity contribution in [3.05, 3.63) is 86.5 Å². The summed E-state index contributed by atoms with van der Waals surface area (Å²) in [5.74, 6) is -0.344. The summed E-state index contributed by atoms with van der Waals surface area (Å²) in [5.41, 5.74) is 2.92. The average molecular weight is 602 g/mol. The largest absolute Gasteiger partial charge is 0.490 e. The Labute approximate surface area is 218 Å². The van der Waals surface area contributed by atoms with Gasteiger partial charge in [0.1, 0.15) is 16.5 Å². The Morgan fingerprint density at radius 1 is 1.11 bits per heavy atom. The van der Waals surface area contributed by atoms with Gasteiger partial charge in [-0.15, -0.1) is 0 Å². The standard InChI is InChI=1S/C26H23IN2O5S/c1-4-33-24-15-19(13-20(16-28)26(30)29-23-11-10-17(2)12-18(23)3)14-22(27)25(24)34-35(31,32)21-8-6-5-7-9-21/h5-15H,4H2,1-3H3,(H,29,30)/b20-13+. The summed E-state index contributed by atoms with van der Waals surface area (Å²) in [4.78, 5) is 12.8. The van der Waals surface area contributed by atoms with Crippen LogP contribution in [0.4, 0.5) is 5.69 Å². The van der Waals surface area contributed by atoms with E-state index in [0.717, 1.165) is 11.1 Å². The van der Waals surface area contributed by atoms with Crippen LogP contribution < -0.4 is 14.2 Å². The van der Waals surface area contributed by atoms with E-state index in [2.05, 4.69) is 5.32 Å². The Balaban J connectivity index is 1.94. The molecule has 0 aromatic heterocycles. The third kappa shape index (κ3) is 6.61. The van der Waals surface area contributed by atoms with Gasteiger partial charge in [0.2, 0.25) is 0 Å². The predicted molar refractivity (Wildman–Crippen MR) is 143 cm³/mol. The van der Waals surface area contributed by atoms with E-state index in [1.54, 1.807) is 37.3 Å². The maximum atomic E-state index is 12.8. The topological polar surface area (TPSA) is 105 Å². The molecule has 0 radical (unpaired) electrons. The van der Waals surface area contributed by atoms with Gasteiger partial charge in [0.05, 0.1) is 10.2 Å². The van der Waals surface area contributed by atoms with E-state index in [-0.39, 0.29) is 28.6 Å². The number of hydrogen-bond donors (Lipinski definition) is 1. The molecule has 0 unspecified atom stereocenters. The van der Waals surface area contributed by atoms with E-state index in [0.29, 0.717) is 14.8 Å². The number of benzene rings is 3. The first-order chi connectivity index (χ1) is 16.6. The van der Waals surface area contributed by atoms with Crippen LogP contribution in [-0.4, -0.2) is 20.9 Å². The first-order valence-electron chi connectivity index (χ1n) is 10.6. The number of aryl methyl sites for hydroxylation is 2. The van der Waals surface area contributed by atoms with E-state index in [9.17, 15) is 18.5 Å². The number of ether oxygens (including phenoxy) is 1. The monoisotopic (exact) mass is 602 g/mol. The van der Waals surface area contributed by atoms with Gasteiger partial charge in [0.25, 0.3) is 5.91 Å². The molecule has 0 heterocycles. The molecule has 0 spiro atoms. The third-order valence-corrected chi connectivity index (χ3v) is 6.90. The molecule has 1 N–H and O–H groups in total. The number of rotatable bonds is 8. The first-order valence-corrected chi connectivity index (χ1v) is 13.1. The summed E-state index contributed by atoms with van der Waals surface area (Å²) in [6, 6.07) is 18.4. The lowest BCUT2D eigenvalue weighted by molar-refractivity contribution is -0.112. The van der Waals surface area contributed by atoms with Crippen molar-refractivity contribution in [3.63, 3.8) is 0 Å². The number of anilines is 1. The molecular formula is C26H23IN2O5S. The lowest BCUT2D eigenvalue weighted by Gasteiger charge is -2.15. The molecule has 1 amide bonds. The van der Waals surface area contributed by atoms with Gasteiger partial charge in [-0.2, -0.15) is 13.7 Å². The van der Waals surface area contributed by atoms with Gasteiger partial charge >= 0.3 is 10.1 Å². The molecule has 3 aromatic rings. The second-order valence-corrected chi connectivity index (χ2v) is 10.3. The number of hydrogen-bond acceptors (Lipinski definition) is 6. The van der Waals surface area contributed by atoms with Gasteiger partial charge in [-0.1, -0.05) is 35.9 Å². The highest BCUT2D eigenvalue weighted by Crippen LogP contribution is 2.37. The summed E-state index contributed by atoms with van der Waals surface area (Å²) in [7, 11) is -4.09. The Bertz CT molecular complexity index is 1430. The molecule has 3 aromatic carbocycles. The highest BCUT2D eigenvalue weighted by Gasteiger charge is 2.22. The molecule has 35 heavy (non-hydrogen) atoms. The first kappa shape index (κ1) is 26.2. The van der Waals surface area contributed by atoms with Crippen LogP contribution in [0.3, 0.4) is 0 Å². The Hall–Kier alpha value is -3.36. The van der Waals surface area contributed by atoms with Crippen molar-refractivity contribution >= 4 is 50.4 Å². The normalized spacial score (nSPS) is 11.5. The van der Waals surface area contributed by atoms with Crippen molar-refractivity contribution in [2.24, 2.45) is 0 Å². The van der Waals surface area contributed by atoms with Gasteiger partial charge in [-0.25, -0.2) is 0 Å². The number of nitriles is 1. The molecule has 0 atom stereocenters.